The number of nitrogens with one attached hydrogen (secondary N) is 1. The topological polar surface area (TPSA) is 39.1 Å². The molecule has 17 heavy (non-hydrogen) atoms. The standard InChI is InChI=1S/C13H23N3O/c1-4-12-11(9-16(3)15-12)8-14-13(2)6-5-7-17-10-13/h9,14H,4-8,10H2,1-3H3. The summed E-state index contributed by atoms with van der Waals surface area (Å²) in [6.07, 6.45) is 5.44. The zero-order valence-corrected chi connectivity index (χ0v) is 11.1. The van der Waals surface area contributed by atoms with Gasteiger partial charge in [0.1, 0.15) is 0 Å². The average molecular weight is 237 g/mol. The van der Waals surface area contributed by atoms with Gasteiger partial charge in [0.05, 0.1) is 12.3 Å². The minimum Gasteiger partial charge on any atom is -0.380 e. The van der Waals surface area contributed by atoms with Crippen molar-refractivity contribution in [1.29, 1.82) is 0 Å². The van der Waals surface area contributed by atoms with Gasteiger partial charge in [-0.1, -0.05) is 6.92 Å². The molecule has 1 aliphatic heterocycles. The predicted octanol–water partition coefficient (Wildman–Crippen LogP) is 1.64. The van der Waals surface area contributed by atoms with Crippen molar-refractivity contribution in [2.24, 2.45) is 7.05 Å². The van der Waals surface area contributed by atoms with Crippen molar-refractivity contribution in [3.05, 3.63) is 17.5 Å². The van der Waals surface area contributed by atoms with Crippen LogP contribution in [-0.2, 0) is 24.8 Å². The Labute approximate surface area is 103 Å². The fourth-order valence-electron chi connectivity index (χ4n) is 2.41. The third-order valence-electron chi connectivity index (χ3n) is 3.47. The van der Waals surface area contributed by atoms with E-state index in [9.17, 15) is 0 Å². The number of aromatic nitrogens is 2. The van der Waals surface area contributed by atoms with Crippen molar-refractivity contribution in [2.75, 3.05) is 13.2 Å². The lowest BCUT2D eigenvalue weighted by atomic mass is 9.94. The van der Waals surface area contributed by atoms with E-state index < -0.39 is 0 Å². The van der Waals surface area contributed by atoms with Gasteiger partial charge in [-0.15, -0.1) is 0 Å². The van der Waals surface area contributed by atoms with Crippen molar-refractivity contribution in [3.8, 4) is 0 Å². The van der Waals surface area contributed by atoms with Crippen molar-refractivity contribution < 1.29 is 4.74 Å². The molecular formula is C13H23N3O. The van der Waals surface area contributed by atoms with Gasteiger partial charge in [0, 0.05) is 37.5 Å². The zero-order chi connectivity index (χ0) is 12.3. The van der Waals surface area contributed by atoms with Crippen LogP contribution in [0.3, 0.4) is 0 Å². The number of aryl methyl sites for hydroxylation is 2. The van der Waals surface area contributed by atoms with Crippen molar-refractivity contribution in [2.45, 2.75) is 45.2 Å². The molecule has 1 aromatic heterocycles. The number of rotatable bonds is 4. The van der Waals surface area contributed by atoms with Gasteiger partial charge in [-0.05, 0) is 26.2 Å². The first-order valence-corrected chi connectivity index (χ1v) is 6.47. The first kappa shape index (κ1) is 12.6. The van der Waals surface area contributed by atoms with E-state index in [2.05, 4.69) is 30.5 Å². The van der Waals surface area contributed by atoms with Crippen LogP contribution in [0.1, 0.15) is 37.9 Å². The second kappa shape index (κ2) is 5.19. The fourth-order valence-corrected chi connectivity index (χ4v) is 2.41. The van der Waals surface area contributed by atoms with Crippen LogP contribution in [0.15, 0.2) is 6.20 Å². The predicted molar refractivity (Wildman–Crippen MR) is 67.9 cm³/mol. The fraction of sp³-hybridized carbons (Fsp3) is 0.769. The van der Waals surface area contributed by atoms with Crippen LogP contribution in [0.2, 0.25) is 0 Å². The Morgan fingerprint density at radius 3 is 3.06 bits per heavy atom. The summed E-state index contributed by atoms with van der Waals surface area (Å²) in [5.41, 5.74) is 2.63. The highest BCUT2D eigenvalue weighted by molar-refractivity contribution is 5.17. The summed E-state index contributed by atoms with van der Waals surface area (Å²) >= 11 is 0. The largest absolute Gasteiger partial charge is 0.380 e. The first-order valence-electron chi connectivity index (χ1n) is 6.47. The van der Waals surface area contributed by atoms with E-state index in [-0.39, 0.29) is 5.54 Å². The molecule has 1 unspecified atom stereocenters. The smallest absolute Gasteiger partial charge is 0.0666 e. The van der Waals surface area contributed by atoms with E-state index in [0.29, 0.717) is 0 Å². The highest BCUT2D eigenvalue weighted by atomic mass is 16.5. The molecule has 1 aliphatic rings. The van der Waals surface area contributed by atoms with Gasteiger partial charge in [-0.3, -0.25) is 4.68 Å². The Bertz CT molecular complexity index is 367. The number of nitrogens with zero attached hydrogens (tertiary/aromatic N) is 2. The van der Waals surface area contributed by atoms with Crippen molar-refractivity contribution in [1.82, 2.24) is 15.1 Å². The van der Waals surface area contributed by atoms with Gasteiger partial charge in [0.15, 0.2) is 0 Å². The van der Waals surface area contributed by atoms with Gasteiger partial charge in [0.25, 0.3) is 0 Å². The number of hydrogen-bond donors (Lipinski definition) is 1. The maximum absolute atomic E-state index is 5.55. The van der Waals surface area contributed by atoms with E-state index in [0.717, 1.165) is 32.6 Å². The van der Waals surface area contributed by atoms with Crippen molar-refractivity contribution in [3.63, 3.8) is 0 Å². The van der Waals surface area contributed by atoms with Crippen LogP contribution in [0.5, 0.6) is 0 Å². The molecule has 1 aromatic rings. The molecular weight excluding hydrogens is 214 g/mol. The van der Waals surface area contributed by atoms with E-state index in [4.69, 9.17) is 4.74 Å². The SMILES string of the molecule is CCc1nn(C)cc1CNC1(C)CCCOC1. The normalized spacial score (nSPS) is 25.1. The van der Waals surface area contributed by atoms with Crippen LogP contribution < -0.4 is 5.32 Å². The van der Waals surface area contributed by atoms with E-state index in [1.165, 1.54) is 17.7 Å². The maximum atomic E-state index is 5.55. The summed E-state index contributed by atoms with van der Waals surface area (Å²) in [7, 11) is 1.98. The molecule has 1 saturated heterocycles. The Morgan fingerprint density at radius 2 is 2.41 bits per heavy atom. The molecule has 0 aromatic carbocycles. The van der Waals surface area contributed by atoms with E-state index in [1.807, 2.05) is 11.7 Å². The lowest BCUT2D eigenvalue weighted by Gasteiger charge is -2.34. The second-order valence-electron chi connectivity index (χ2n) is 5.20. The molecule has 4 heteroatoms. The molecule has 1 fully saturated rings. The highest BCUT2D eigenvalue weighted by Gasteiger charge is 2.27. The second-order valence-corrected chi connectivity index (χ2v) is 5.20. The zero-order valence-electron chi connectivity index (χ0n) is 11.1. The molecule has 0 aliphatic carbocycles. The third kappa shape index (κ3) is 3.07. The van der Waals surface area contributed by atoms with Crippen molar-refractivity contribution >= 4 is 0 Å². The van der Waals surface area contributed by atoms with Gasteiger partial charge in [-0.25, -0.2) is 0 Å². The first-order chi connectivity index (χ1) is 8.13. The van der Waals surface area contributed by atoms with E-state index >= 15 is 0 Å². The summed E-state index contributed by atoms with van der Waals surface area (Å²) in [6, 6.07) is 0. The molecule has 2 heterocycles. The summed E-state index contributed by atoms with van der Waals surface area (Å²) in [4.78, 5) is 0. The Hall–Kier alpha value is -0.870. The van der Waals surface area contributed by atoms with Gasteiger partial charge in [0.2, 0.25) is 0 Å². The van der Waals surface area contributed by atoms with Crippen LogP contribution in [-0.4, -0.2) is 28.5 Å². The summed E-state index contributed by atoms with van der Waals surface area (Å²) < 4.78 is 7.45. The molecule has 0 saturated carbocycles. The molecule has 1 N–H and O–H groups in total. The number of ether oxygens (including phenoxy) is 1. The van der Waals surface area contributed by atoms with Crippen LogP contribution in [0.25, 0.3) is 0 Å². The highest BCUT2D eigenvalue weighted by Crippen LogP contribution is 2.19. The minimum absolute atomic E-state index is 0.124. The quantitative estimate of drug-likeness (QED) is 0.865. The molecule has 4 nitrogen and oxygen atoms in total. The molecule has 1 atom stereocenters. The molecule has 0 spiro atoms. The Morgan fingerprint density at radius 1 is 1.59 bits per heavy atom. The lowest BCUT2D eigenvalue weighted by Crippen LogP contribution is -2.48. The van der Waals surface area contributed by atoms with Crippen LogP contribution in [0, 0.1) is 0 Å². The third-order valence-corrected chi connectivity index (χ3v) is 3.47. The summed E-state index contributed by atoms with van der Waals surface area (Å²) in [5.74, 6) is 0. The summed E-state index contributed by atoms with van der Waals surface area (Å²) in [6.45, 7) is 7.00. The Kier molecular flexibility index (Phi) is 3.84. The molecule has 0 radical (unpaired) electrons. The maximum Gasteiger partial charge on any atom is 0.0666 e. The molecule has 96 valence electrons. The molecule has 0 bridgehead atoms. The molecule has 0 amide bonds. The lowest BCUT2D eigenvalue weighted by molar-refractivity contribution is 0.0277. The van der Waals surface area contributed by atoms with E-state index in [1.54, 1.807) is 0 Å². The monoisotopic (exact) mass is 237 g/mol. The Balaban J connectivity index is 1.96. The van der Waals surface area contributed by atoms with Gasteiger partial charge in [-0.2, -0.15) is 5.10 Å². The summed E-state index contributed by atoms with van der Waals surface area (Å²) in [5, 5.41) is 8.08. The van der Waals surface area contributed by atoms with Gasteiger partial charge < -0.3 is 10.1 Å². The minimum atomic E-state index is 0.124. The number of hydrogen-bond acceptors (Lipinski definition) is 3. The average Bonchev–Trinajstić information content (AvgIpc) is 2.68. The van der Waals surface area contributed by atoms with Gasteiger partial charge >= 0.3 is 0 Å². The van der Waals surface area contributed by atoms with Crippen LogP contribution >= 0.6 is 0 Å². The molecule has 2 rings (SSSR count). The van der Waals surface area contributed by atoms with Crippen LogP contribution in [0.4, 0.5) is 0 Å².